The number of hydrogen-bond acceptors (Lipinski definition) is 4. The van der Waals surface area contributed by atoms with Gasteiger partial charge < -0.3 is 10.4 Å². The summed E-state index contributed by atoms with van der Waals surface area (Å²) < 4.78 is 1.62. The maximum Gasteiger partial charge on any atom is 0.273 e. The molecule has 6 nitrogen and oxygen atoms in total. The van der Waals surface area contributed by atoms with Gasteiger partial charge in [0.1, 0.15) is 0 Å². The van der Waals surface area contributed by atoms with Crippen LogP contribution in [0.15, 0.2) is 36.5 Å². The highest BCUT2D eigenvalue weighted by atomic mass is 16.3. The lowest BCUT2D eigenvalue weighted by Crippen LogP contribution is -2.44. The second kappa shape index (κ2) is 6.70. The zero-order valence-corrected chi connectivity index (χ0v) is 13.2. The molecule has 22 heavy (non-hydrogen) atoms. The number of benzene rings is 1. The molecule has 2 rings (SSSR count). The van der Waals surface area contributed by atoms with Gasteiger partial charge in [0, 0.05) is 6.54 Å². The highest BCUT2D eigenvalue weighted by Gasteiger charge is 2.26. The quantitative estimate of drug-likeness (QED) is 0.846. The van der Waals surface area contributed by atoms with Gasteiger partial charge in [-0.25, -0.2) is 4.68 Å². The minimum absolute atomic E-state index is 0.0431. The molecule has 0 aliphatic rings. The molecule has 0 fully saturated rings. The Hall–Kier alpha value is -2.21. The molecule has 1 amide bonds. The third-order valence-corrected chi connectivity index (χ3v) is 3.81. The lowest BCUT2D eigenvalue weighted by Gasteiger charge is -2.27. The van der Waals surface area contributed by atoms with Gasteiger partial charge in [0.25, 0.3) is 5.91 Å². The molecule has 0 bridgehead atoms. The van der Waals surface area contributed by atoms with Crippen LogP contribution in [0.3, 0.4) is 0 Å². The molecule has 6 heteroatoms. The molecular formula is C16H22N4O2. The fourth-order valence-electron chi connectivity index (χ4n) is 1.80. The smallest absolute Gasteiger partial charge is 0.273 e. The molecule has 1 unspecified atom stereocenters. The molecule has 2 aromatic rings. The Balaban J connectivity index is 1.95. The summed E-state index contributed by atoms with van der Waals surface area (Å²) >= 11 is 0. The van der Waals surface area contributed by atoms with Crippen LogP contribution in [0.5, 0.6) is 0 Å². The predicted octanol–water partition coefficient (Wildman–Crippen LogP) is 1.46. The SMILES string of the molecule is CC(C)C(C)(O)CNC(=O)c1cn(Cc2ccccc2)nn1. The Morgan fingerprint density at radius 1 is 1.36 bits per heavy atom. The third kappa shape index (κ3) is 4.14. The summed E-state index contributed by atoms with van der Waals surface area (Å²) in [6.45, 7) is 6.24. The first-order valence-electron chi connectivity index (χ1n) is 7.33. The normalized spacial score (nSPS) is 13.9. The van der Waals surface area contributed by atoms with E-state index in [2.05, 4.69) is 15.6 Å². The molecule has 0 saturated carbocycles. The number of rotatable bonds is 6. The number of carbonyl (C=O) groups excluding carboxylic acids is 1. The van der Waals surface area contributed by atoms with Gasteiger partial charge in [-0.1, -0.05) is 49.4 Å². The Labute approximate surface area is 130 Å². The van der Waals surface area contributed by atoms with Crippen LogP contribution >= 0.6 is 0 Å². The average Bonchev–Trinajstić information content (AvgIpc) is 2.94. The number of nitrogens with one attached hydrogen (secondary N) is 1. The summed E-state index contributed by atoms with van der Waals surface area (Å²) in [6.07, 6.45) is 1.60. The third-order valence-electron chi connectivity index (χ3n) is 3.81. The van der Waals surface area contributed by atoms with E-state index in [9.17, 15) is 9.90 Å². The van der Waals surface area contributed by atoms with Crippen LogP contribution in [0.1, 0.15) is 36.8 Å². The van der Waals surface area contributed by atoms with E-state index in [1.54, 1.807) is 17.8 Å². The Morgan fingerprint density at radius 2 is 2.05 bits per heavy atom. The fraction of sp³-hybridized carbons (Fsp3) is 0.438. The van der Waals surface area contributed by atoms with Gasteiger partial charge in [-0.3, -0.25) is 4.79 Å². The van der Waals surface area contributed by atoms with Crippen molar-refractivity contribution in [1.29, 1.82) is 0 Å². The first-order valence-corrected chi connectivity index (χ1v) is 7.33. The molecule has 1 atom stereocenters. The lowest BCUT2D eigenvalue weighted by molar-refractivity contribution is 0.0142. The Kier molecular flexibility index (Phi) is 4.92. The number of nitrogens with zero attached hydrogens (tertiary/aromatic N) is 3. The van der Waals surface area contributed by atoms with Gasteiger partial charge in [0.15, 0.2) is 5.69 Å². The van der Waals surface area contributed by atoms with Crippen molar-refractivity contribution < 1.29 is 9.90 Å². The molecule has 0 aliphatic carbocycles. The summed E-state index contributed by atoms with van der Waals surface area (Å²) in [7, 11) is 0. The van der Waals surface area contributed by atoms with E-state index in [1.165, 1.54) is 0 Å². The highest BCUT2D eigenvalue weighted by molar-refractivity contribution is 5.91. The van der Waals surface area contributed by atoms with E-state index in [-0.39, 0.29) is 24.1 Å². The fourth-order valence-corrected chi connectivity index (χ4v) is 1.80. The minimum atomic E-state index is -0.949. The second-order valence-corrected chi connectivity index (χ2v) is 5.98. The van der Waals surface area contributed by atoms with E-state index in [0.717, 1.165) is 5.56 Å². The van der Waals surface area contributed by atoms with Crippen molar-refractivity contribution in [2.24, 2.45) is 5.92 Å². The number of amides is 1. The van der Waals surface area contributed by atoms with Gasteiger partial charge in [-0.15, -0.1) is 5.10 Å². The van der Waals surface area contributed by atoms with Crippen LogP contribution < -0.4 is 5.32 Å². The van der Waals surface area contributed by atoms with E-state index < -0.39 is 5.60 Å². The van der Waals surface area contributed by atoms with Gasteiger partial charge in [0.2, 0.25) is 0 Å². The van der Waals surface area contributed by atoms with Crippen LogP contribution in [0.2, 0.25) is 0 Å². The van der Waals surface area contributed by atoms with E-state index >= 15 is 0 Å². The van der Waals surface area contributed by atoms with Crippen molar-refractivity contribution >= 4 is 5.91 Å². The number of aliphatic hydroxyl groups is 1. The molecule has 1 aromatic carbocycles. The zero-order valence-electron chi connectivity index (χ0n) is 13.2. The van der Waals surface area contributed by atoms with Crippen LogP contribution in [-0.2, 0) is 6.54 Å². The van der Waals surface area contributed by atoms with E-state index in [0.29, 0.717) is 6.54 Å². The number of carbonyl (C=O) groups is 1. The number of hydrogen-bond donors (Lipinski definition) is 2. The predicted molar refractivity (Wildman–Crippen MR) is 83.4 cm³/mol. The zero-order chi connectivity index (χ0) is 16.2. The summed E-state index contributed by atoms with van der Waals surface area (Å²) in [5.41, 5.74) is 0.382. The maximum atomic E-state index is 12.0. The molecule has 0 aliphatic heterocycles. The minimum Gasteiger partial charge on any atom is -0.388 e. The van der Waals surface area contributed by atoms with Crippen molar-refractivity contribution in [1.82, 2.24) is 20.3 Å². The molecule has 1 aromatic heterocycles. The van der Waals surface area contributed by atoms with Gasteiger partial charge in [0.05, 0.1) is 18.3 Å². The van der Waals surface area contributed by atoms with E-state index in [1.807, 2.05) is 44.2 Å². The Morgan fingerprint density at radius 3 is 2.68 bits per heavy atom. The second-order valence-electron chi connectivity index (χ2n) is 5.98. The topological polar surface area (TPSA) is 80.0 Å². The summed E-state index contributed by atoms with van der Waals surface area (Å²) in [4.78, 5) is 12.0. The van der Waals surface area contributed by atoms with Crippen molar-refractivity contribution in [3.8, 4) is 0 Å². The van der Waals surface area contributed by atoms with E-state index in [4.69, 9.17) is 0 Å². The number of aromatic nitrogens is 3. The summed E-state index contributed by atoms with van der Waals surface area (Å²) in [5, 5.41) is 20.7. The molecule has 0 radical (unpaired) electrons. The monoisotopic (exact) mass is 302 g/mol. The average molecular weight is 302 g/mol. The highest BCUT2D eigenvalue weighted by Crippen LogP contribution is 2.14. The lowest BCUT2D eigenvalue weighted by atomic mass is 9.92. The first-order chi connectivity index (χ1) is 10.4. The van der Waals surface area contributed by atoms with Crippen LogP contribution in [0.25, 0.3) is 0 Å². The molecule has 0 spiro atoms. The van der Waals surface area contributed by atoms with Gasteiger partial charge >= 0.3 is 0 Å². The van der Waals surface area contributed by atoms with Crippen LogP contribution in [-0.4, -0.2) is 38.2 Å². The van der Waals surface area contributed by atoms with Gasteiger partial charge in [-0.05, 0) is 18.4 Å². The molecule has 118 valence electrons. The van der Waals surface area contributed by atoms with Crippen LogP contribution in [0.4, 0.5) is 0 Å². The molecular weight excluding hydrogens is 280 g/mol. The summed E-state index contributed by atoms with van der Waals surface area (Å²) in [5.74, 6) is -0.290. The standard InChI is InChI=1S/C16H22N4O2/c1-12(2)16(3,22)11-17-15(21)14-10-20(19-18-14)9-13-7-5-4-6-8-13/h4-8,10,12,22H,9,11H2,1-3H3,(H,17,21). The van der Waals surface area contributed by atoms with Gasteiger partial charge in [-0.2, -0.15) is 0 Å². The van der Waals surface area contributed by atoms with Crippen molar-refractivity contribution in [3.63, 3.8) is 0 Å². The largest absolute Gasteiger partial charge is 0.388 e. The maximum absolute atomic E-state index is 12.0. The Bertz CT molecular complexity index is 620. The molecule has 1 heterocycles. The first kappa shape index (κ1) is 16.2. The van der Waals surface area contributed by atoms with Crippen molar-refractivity contribution in [3.05, 3.63) is 47.8 Å². The van der Waals surface area contributed by atoms with Crippen molar-refractivity contribution in [2.75, 3.05) is 6.54 Å². The summed E-state index contributed by atoms with van der Waals surface area (Å²) in [6, 6.07) is 9.83. The molecule has 2 N–H and O–H groups in total. The van der Waals surface area contributed by atoms with Crippen molar-refractivity contribution in [2.45, 2.75) is 32.9 Å². The molecule has 0 saturated heterocycles. The van der Waals surface area contributed by atoms with Crippen LogP contribution in [0, 0.1) is 5.92 Å².